The molecule has 6 heteroatoms. The average Bonchev–Trinajstić information content (AvgIpc) is 2.51. The van der Waals surface area contributed by atoms with Gasteiger partial charge in [-0.2, -0.15) is 0 Å². The first-order valence-electron chi connectivity index (χ1n) is 4.90. The number of nitrogens with zero attached hydrogens (tertiary/aromatic N) is 1. The maximum absolute atomic E-state index is 13.3. The number of amides is 1. The Labute approximate surface area is 94.8 Å². The molecule has 1 aromatic rings. The fourth-order valence-electron chi connectivity index (χ4n) is 1.70. The molecule has 90 valence electrons. The minimum absolute atomic E-state index is 0.158. The van der Waals surface area contributed by atoms with Gasteiger partial charge in [-0.15, -0.1) is 0 Å². The van der Waals surface area contributed by atoms with E-state index < -0.39 is 28.9 Å². The molecule has 3 nitrogen and oxygen atoms in total. The number of carbonyl (C=O) groups is 2. The second-order valence-electron chi connectivity index (χ2n) is 3.81. The molecule has 0 spiro atoms. The second kappa shape index (κ2) is 4.20. The van der Waals surface area contributed by atoms with Crippen molar-refractivity contribution in [2.45, 2.75) is 13.0 Å². The summed E-state index contributed by atoms with van der Waals surface area (Å²) < 4.78 is 39.2. The molecule has 17 heavy (non-hydrogen) atoms. The third kappa shape index (κ3) is 2.30. The molecule has 0 bridgehead atoms. The van der Waals surface area contributed by atoms with E-state index >= 15 is 0 Å². The van der Waals surface area contributed by atoms with Crippen LogP contribution in [0.25, 0.3) is 0 Å². The van der Waals surface area contributed by atoms with Gasteiger partial charge in [-0.1, -0.05) is 0 Å². The Morgan fingerprint density at radius 3 is 2.18 bits per heavy atom. The number of likely N-dealkylation sites (tertiary alicyclic amines) is 1. The molecule has 0 N–H and O–H groups in total. The fourth-order valence-corrected chi connectivity index (χ4v) is 1.70. The molecule has 1 heterocycles. The predicted octanol–water partition coefficient (Wildman–Crippen LogP) is 1.41. The van der Waals surface area contributed by atoms with Crippen LogP contribution in [0, 0.1) is 17.5 Å². The number of halogens is 3. The van der Waals surface area contributed by atoms with E-state index in [0.717, 1.165) is 4.90 Å². The number of Topliss-reactive ketones (excluding diaryl/α,β-unsaturated/α-hetero) is 1. The largest absolute Gasteiger partial charge is 0.330 e. The molecular weight excluding hydrogens is 235 g/mol. The topological polar surface area (TPSA) is 37.4 Å². The zero-order valence-electron chi connectivity index (χ0n) is 8.67. The van der Waals surface area contributed by atoms with Crippen molar-refractivity contribution in [1.82, 2.24) is 4.90 Å². The Bertz CT molecular complexity index is 478. The molecule has 0 atom stereocenters. The van der Waals surface area contributed by atoms with Crippen LogP contribution in [-0.2, 0) is 16.1 Å². The van der Waals surface area contributed by atoms with Crippen LogP contribution in [0.3, 0.4) is 0 Å². The van der Waals surface area contributed by atoms with Crippen LogP contribution in [0.15, 0.2) is 12.1 Å². The molecule has 0 saturated carbocycles. The summed E-state index contributed by atoms with van der Waals surface area (Å²) >= 11 is 0. The van der Waals surface area contributed by atoms with Crippen molar-refractivity contribution < 1.29 is 22.8 Å². The fraction of sp³-hybridized carbons (Fsp3) is 0.273. The minimum atomic E-state index is -1.06. The Kier molecular flexibility index (Phi) is 2.87. The Morgan fingerprint density at radius 2 is 1.71 bits per heavy atom. The summed E-state index contributed by atoms with van der Waals surface area (Å²) in [6, 6.07) is 1.08. The quantitative estimate of drug-likeness (QED) is 0.736. The maximum atomic E-state index is 13.3. The number of carbonyl (C=O) groups excluding carboxylic acids is 2. The molecule has 0 aromatic heterocycles. The third-order valence-corrected chi connectivity index (χ3v) is 2.52. The molecule has 1 fully saturated rings. The molecule has 1 amide bonds. The van der Waals surface area contributed by atoms with E-state index in [4.69, 9.17) is 0 Å². The summed E-state index contributed by atoms with van der Waals surface area (Å²) in [5.74, 6) is -3.91. The van der Waals surface area contributed by atoms with E-state index in [-0.39, 0.29) is 25.3 Å². The molecule has 0 aliphatic carbocycles. The SMILES string of the molecule is O=C1CC(=O)N(Cc2c(F)cc(F)cc2F)C1. The van der Waals surface area contributed by atoms with Gasteiger partial charge in [0, 0.05) is 17.7 Å². The van der Waals surface area contributed by atoms with Gasteiger partial charge < -0.3 is 4.90 Å². The molecule has 1 aliphatic rings. The van der Waals surface area contributed by atoms with Crippen molar-refractivity contribution in [3.63, 3.8) is 0 Å². The number of hydrogen-bond acceptors (Lipinski definition) is 2. The molecule has 1 aliphatic heterocycles. The smallest absolute Gasteiger partial charge is 0.230 e. The maximum Gasteiger partial charge on any atom is 0.230 e. The summed E-state index contributed by atoms with van der Waals surface area (Å²) in [7, 11) is 0. The molecule has 1 saturated heterocycles. The first-order chi connectivity index (χ1) is 7.97. The van der Waals surface area contributed by atoms with Gasteiger partial charge in [-0.05, 0) is 0 Å². The van der Waals surface area contributed by atoms with Gasteiger partial charge >= 0.3 is 0 Å². The van der Waals surface area contributed by atoms with Crippen LogP contribution >= 0.6 is 0 Å². The minimum Gasteiger partial charge on any atom is -0.330 e. The van der Waals surface area contributed by atoms with Crippen LogP contribution in [0.4, 0.5) is 13.2 Å². The molecule has 1 aromatic carbocycles. The van der Waals surface area contributed by atoms with E-state index in [2.05, 4.69) is 0 Å². The number of benzene rings is 1. The van der Waals surface area contributed by atoms with E-state index in [0.29, 0.717) is 12.1 Å². The zero-order valence-corrected chi connectivity index (χ0v) is 8.67. The van der Waals surface area contributed by atoms with Crippen molar-refractivity contribution in [2.75, 3.05) is 6.54 Å². The van der Waals surface area contributed by atoms with E-state index in [1.807, 2.05) is 0 Å². The van der Waals surface area contributed by atoms with Gasteiger partial charge in [0.25, 0.3) is 0 Å². The summed E-state index contributed by atoms with van der Waals surface area (Å²) in [4.78, 5) is 23.3. The third-order valence-electron chi connectivity index (χ3n) is 2.52. The summed E-state index contributed by atoms with van der Waals surface area (Å²) in [6.07, 6.45) is -0.246. The lowest BCUT2D eigenvalue weighted by molar-refractivity contribution is -0.128. The first-order valence-corrected chi connectivity index (χ1v) is 4.90. The molecule has 0 radical (unpaired) electrons. The predicted molar refractivity (Wildman–Crippen MR) is 51.4 cm³/mol. The van der Waals surface area contributed by atoms with Gasteiger partial charge in [0.05, 0.1) is 19.5 Å². The Balaban J connectivity index is 2.25. The number of ketones is 1. The van der Waals surface area contributed by atoms with Crippen molar-refractivity contribution >= 4 is 11.7 Å². The Hall–Kier alpha value is -1.85. The standard InChI is InChI=1S/C11H8F3NO2/c12-6-1-9(13)8(10(14)2-6)5-15-4-7(16)3-11(15)17/h1-2H,3-5H2. The van der Waals surface area contributed by atoms with Gasteiger partial charge in [-0.3, -0.25) is 9.59 Å². The van der Waals surface area contributed by atoms with Crippen LogP contribution in [0.1, 0.15) is 12.0 Å². The highest BCUT2D eigenvalue weighted by atomic mass is 19.1. The lowest BCUT2D eigenvalue weighted by atomic mass is 10.2. The summed E-state index contributed by atoms with van der Waals surface area (Å²) in [5, 5.41) is 0. The van der Waals surface area contributed by atoms with Crippen LogP contribution in [-0.4, -0.2) is 23.1 Å². The summed E-state index contributed by atoms with van der Waals surface area (Å²) in [6.45, 7) is -0.516. The highest BCUT2D eigenvalue weighted by Crippen LogP contribution is 2.19. The van der Waals surface area contributed by atoms with Gasteiger partial charge in [-0.25, -0.2) is 13.2 Å². The summed E-state index contributed by atoms with van der Waals surface area (Å²) in [5.41, 5.74) is -0.408. The number of hydrogen-bond donors (Lipinski definition) is 0. The normalized spacial score (nSPS) is 15.8. The van der Waals surface area contributed by atoms with E-state index in [1.54, 1.807) is 0 Å². The monoisotopic (exact) mass is 243 g/mol. The van der Waals surface area contributed by atoms with Crippen LogP contribution in [0.5, 0.6) is 0 Å². The van der Waals surface area contributed by atoms with Crippen molar-refractivity contribution in [3.05, 3.63) is 35.1 Å². The van der Waals surface area contributed by atoms with Gasteiger partial charge in [0.15, 0.2) is 5.78 Å². The highest BCUT2D eigenvalue weighted by molar-refractivity contribution is 6.05. The van der Waals surface area contributed by atoms with Gasteiger partial charge in [0.2, 0.25) is 5.91 Å². The second-order valence-corrected chi connectivity index (χ2v) is 3.81. The van der Waals surface area contributed by atoms with Gasteiger partial charge in [0.1, 0.15) is 17.5 Å². The van der Waals surface area contributed by atoms with E-state index in [1.165, 1.54) is 0 Å². The molecule has 2 rings (SSSR count). The van der Waals surface area contributed by atoms with Crippen LogP contribution < -0.4 is 0 Å². The van der Waals surface area contributed by atoms with Crippen LogP contribution in [0.2, 0.25) is 0 Å². The first kappa shape index (κ1) is 11.6. The lowest BCUT2D eigenvalue weighted by Gasteiger charge is -2.15. The number of rotatable bonds is 2. The highest BCUT2D eigenvalue weighted by Gasteiger charge is 2.28. The van der Waals surface area contributed by atoms with Crippen molar-refractivity contribution in [2.24, 2.45) is 0 Å². The molecule has 0 unspecified atom stereocenters. The lowest BCUT2D eigenvalue weighted by Crippen LogP contribution is -2.25. The van der Waals surface area contributed by atoms with Crippen molar-refractivity contribution in [1.29, 1.82) is 0 Å². The Morgan fingerprint density at radius 1 is 1.12 bits per heavy atom. The van der Waals surface area contributed by atoms with Crippen molar-refractivity contribution in [3.8, 4) is 0 Å². The average molecular weight is 243 g/mol. The zero-order chi connectivity index (χ0) is 12.6. The van der Waals surface area contributed by atoms with E-state index in [9.17, 15) is 22.8 Å². The molecular formula is C11H8F3NO2.